The Morgan fingerprint density at radius 2 is 1.59 bits per heavy atom. The number of hydrogen-bond acceptors (Lipinski definition) is 4. The van der Waals surface area contributed by atoms with E-state index in [0.717, 1.165) is 13.1 Å². The quantitative estimate of drug-likeness (QED) is 0.783. The molecule has 0 aromatic carbocycles. The van der Waals surface area contributed by atoms with Crippen LogP contribution in [-0.4, -0.2) is 83.5 Å². The van der Waals surface area contributed by atoms with Gasteiger partial charge in [0.25, 0.3) is 0 Å². The summed E-state index contributed by atoms with van der Waals surface area (Å²) < 4.78 is 0. The number of likely N-dealkylation sites (tertiary alicyclic amines) is 1. The Balaban J connectivity index is 1.80. The van der Waals surface area contributed by atoms with Gasteiger partial charge in [-0.15, -0.1) is 0 Å². The molecule has 0 aliphatic carbocycles. The lowest BCUT2D eigenvalue weighted by Crippen LogP contribution is -2.55. The lowest BCUT2D eigenvalue weighted by molar-refractivity contribution is -0.145. The molecule has 2 aliphatic heterocycles. The molecular weight excluding hydrogens is 282 g/mol. The predicted octanol–water partition coefficient (Wildman–Crippen LogP) is 0.726. The van der Waals surface area contributed by atoms with Gasteiger partial charge in [-0.2, -0.15) is 0 Å². The summed E-state index contributed by atoms with van der Waals surface area (Å²) in [5.41, 5.74) is 0. The molecule has 22 heavy (non-hydrogen) atoms. The second-order valence-corrected chi connectivity index (χ2v) is 6.88. The minimum absolute atomic E-state index is 0.192. The summed E-state index contributed by atoms with van der Waals surface area (Å²) in [4.78, 5) is 29.9. The highest BCUT2D eigenvalue weighted by Crippen LogP contribution is 2.15. The molecule has 2 rings (SSSR count). The Kier molecular flexibility index (Phi) is 6.20. The number of carboxylic acids is 1. The first kappa shape index (κ1) is 17.2. The van der Waals surface area contributed by atoms with Gasteiger partial charge in [0.15, 0.2) is 0 Å². The van der Waals surface area contributed by atoms with E-state index in [1.54, 1.807) is 0 Å². The summed E-state index contributed by atoms with van der Waals surface area (Å²) in [7, 11) is 0. The summed E-state index contributed by atoms with van der Waals surface area (Å²) >= 11 is 0. The molecule has 126 valence electrons. The number of piperazine rings is 1. The Hall–Kier alpha value is -1.14. The second kappa shape index (κ2) is 7.92. The smallest absolute Gasteiger partial charge is 0.320 e. The van der Waals surface area contributed by atoms with Crippen LogP contribution in [0.3, 0.4) is 0 Å². The zero-order valence-corrected chi connectivity index (χ0v) is 13.8. The van der Waals surface area contributed by atoms with Crippen LogP contribution < -0.4 is 0 Å². The van der Waals surface area contributed by atoms with E-state index in [9.17, 15) is 14.7 Å². The Morgan fingerprint density at radius 1 is 1.00 bits per heavy atom. The Labute approximate surface area is 133 Å². The van der Waals surface area contributed by atoms with Crippen molar-refractivity contribution >= 4 is 11.9 Å². The van der Waals surface area contributed by atoms with Gasteiger partial charge in [-0.1, -0.05) is 13.8 Å². The van der Waals surface area contributed by atoms with Crippen molar-refractivity contribution in [3.63, 3.8) is 0 Å². The average Bonchev–Trinajstić information content (AvgIpc) is 2.97. The molecule has 0 aromatic rings. The van der Waals surface area contributed by atoms with Crippen molar-refractivity contribution in [2.45, 2.75) is 39.2 Å². The number of nitrogens with zero attached hydrogens (tertiary/aromatic N) is 3. The van der Waals surface area contributed by atoms with Crippen molar-refractivity contribution < 1.29 is 14.7 Å². The van der Waals surface area contributed by atoms with E-state index in [4.69, 9.17) is 0 Å². The van der Waals surface area contributed by atoms with E-state index in [-0.39, 0.29) is 5.91 Å². The van der Waals surface area contributed by atoms with Gasteiger partial charge in [-0.25, -0.2) is 0 Å². The third-order valence-electron chi connectivity index (χ3n) is 4.65. The number of rotatable bonds is 6. The van der Waals surface area contributed by atoms with Gasteiger partial charge in [0, 0.05) is 26.2 Å². The minimum Gasteiger partial charge on any atom is -0.480 e. The van der Waals surface area contributed by atoms with Crippen molar-refractivity contribution in [1.29, 1.82) is 0 Å². The maximum absolute atomic E-state index is 12.3. The second-order valence-electron chi connectivity index (χ2n) is 6.88. The molecule has 0 radical (unpaired) electrons. The molecule has 2 heterocycles. The zero-order chi connectivity index (χ0) is 16.1. The van der Waals surface area contributed by atoms with E-state index < -0.39 is 12.0 Å². The third-order valence-corrected chi connectivity index (χ3v) is 4.65. The van der Waals surface area contributed by atoms with Crippen LogP contribution >= 0.6 is 0 Å². The highest BCUT2D eigenvalue weighted by atomic mass is 16.4. The molecule has 6 nitrogen and oxygen atoms in total. The molecule has 0 bridgehead atoms. The summed E-state index contributed by atoms with van der Waals surface area (Å²) in [6.07, 6.45) is 3.05. The average molecular weight is 311 g/mol. The number of amides is 1. The Morgan fingerprint density at radius 3 is 2.09 bits per heavy atom. The molecule has 6 heteroatoms. The van der Waals surface area contributed by atoms with Gasteiger partial charge in [0.2, 0.25) is 5.91 Å². The summed E-state index contributed by atoms with van der Waals surface area (Å²) in [6.45, 7) is 9.29. The third kappa shape index (κ3) is 4.68. The highest BCUT2D eigenvalue weighted by Gasteiger charge is 2.31. The van der Waals surface area contributed by atoms with E-state index in [1.165, 1.54) is 12.8 Å². The number of carboxylic acid groups (broad SMARTS) is 1. The first-order valence-electron chi connectivity index (χ1n) is 8.44. The lowest BCUT2D eigenvalue weighted by atomic mass is 10.0. The van der Waals surface area contributed by atoms with Crippen LogP contribution in [0.1, 0.15) is 33.1 Å². The van der Waals surface area contributed by atoms with Gasteiger partial charge < -0.3 is 10.0 Å². The molecule has 0 saturated carbocycles. The Bertz CT molecular complexity index is 386. The first-order valence-corrected chi connectivity index (χ1v) is 8.44. The van der Waals surface area contributed by atoms with Crippen molar-refractivity contribution in [2.24, 2.45) is 5.92 Å². The van der Waals surface area contributed by atoms with Gasteiger partial charge >= 0.3 is 5.97 Å². The predicted molar refractivity (Wildman–Crippen MR) is 84.7 cm³/mol. The first-order chi connectivity index (χ1) is 10.5. The maximum Gasteiger partial charge on any atom is 0.320 e. The van der Waals surface area contributed by atoms with E-state index in [0.29, 0.717) is 45.1 Å². The number of carbonyl (C=O) groups excluding carboxylic acids is 1. The van der Waals surface area contributed by atoms with Crippen molar-refractivity contribution in [3.8, 4) is 0 Å². The number of carbonyl (C=O) groups is 2. The van der Waals surface area contributed by atoms with E-state index in [2.05, 4.69) is 4.90 Å². The van der Waals surface area contributed by atoms with Gasteiger partial charge in [-0.05, 0) is 38.3 Å². The van der Waals surface area contributed by atoms with Crippen LogP contribution in [0.4, 0.5) is 0 Å². The molecule has 1 amide bonds. The van der Waals surface area contributed by atoms with Crippen LogP contribution in [0.2, 0.25) is 0 Å². The van der Waals surface area contributed by atoms with Crippen LogP contribution in [-0.2, 0) is 9.59 Å². The molecule has 0 spiro atoms. The topological polar surface area (TPSA) is 64.1 Å². The SMILES string of the molecule is CC(C)CC(C(=O)O)N1CCN(C(=O)CN2CCCC2)CC1. The molecule has 1 unspecified atom stereocenters. The largest absolute Gasteiger partial charge is 0.480 e. The number of aliphatic carboxylic acids is 1. The fraction of sp³-hybridized carbons (Fsp3) is 0.875. The fourth-order valence-electron chi connectivity index (χ4n) is 3.37. The molecule has 2 saturated heterocycles. The van der Waals surface area contributed by atoms with Crippen molar-refractivity contribution in [3.05, 3.63) is 0 Å². The van der Waals surface area contributed by atoms with E-state index >= 15 is 0 Å². The summed E-state index contributed by atoms with van der Waals surface area (Å²) in [5, 5.41) is 9.41. The highest BCUT2D eigenvalue weighted by molar-refractivity contribution is 5.78. The normalized spacial score (nSPS) is 22.2. The van der Waals surface area contributed by atoms with Gasteiger partial charge in [0.1, 0.15) is 6.04 Å². The number of hydrogen-bond donors (Lipinski definition) is 1. The molecule has 1 atom stereocenters. The van der Waals surface area contributed by atoms with Crippen LogP contribution in [0.5, 0.6) is 0 Å². The molecule has 0 aromatic heterocycles. The fourth-order valence-corrected chi connectivity index (χ4v) is 3.37. The van der Waals surface area contributed by atoms with Gasteiger partial charge in [0.05, 0.1) is 6.54 Å². The van der Waals surface area contributed by atoms with Crippen LogP contribution in [0.25, 0.3) is 0 Å². The maximum atomic E-state index is 12.3. The monoisotopic (exact) mass is 311 g/mol. The summed E-state index contributed by atoms with van der Waals surface area (Å²) in [6, 6.07) is -0.421. The summed E-state index contributed by atoms with van der Waals surface area (Å²) in [5.74, 6) is -0.196. The van der Waals surface area contributed by atoms with Crippen LogP contribution in [0.15, 0.2) is 0 Å². The van der Waals surface area contributed by atoms with Crippen LogP contribution in [0, 0.1) is 5.92 Å². The molecule has 1 N–H and O–H groups in total. The standard InChI is InChI=1S/C16H29N3O3/c1-13(2)11-14(16(21)22)18-7-9-19(10-8-18)15(20)12-17-5-3-4-6-17/h13-14H,3-12H2,1-2H3,(H,21,22). The molecule has 2 aliphatic rings. The van der Waals surface area contributed by atoms with Gasteiger partial charge in [-0.3, -0.25) is 19.4 Å². The zero-order valence-electron chi connectivity index (χ0n) is 13.8. The van der Waals surface area contributed by atoms with Crippen molar-refractivity contribution in [1.82, 2.24) is 14.7 Å². The van der Waals surface area contributed by atoms with Crippen molar-refractivity contribution in [2.75, 3.05) is 45.8 Å². The molecule has 2 fully saturated rings. The minimum atomic E-state index is -0.745. The molecular formula is C16H29N3O3. The lowest BCUT2D eigenvalue weighted by Gasteiger charge is -2.38. The van der Waals surface area contributed by atoms with E-state index in [1.807, 2.05) is 23.6 Å².